The van der Waals surface area contributed by atoms with Crippen molar-refractivity contribution >= 4 is 28.4 Å². The van der Waals surface area contributed by atoms with Crippen LogP contribution in [-0.4, -0.2) is 10.9 Å². The molecule has 19 heavy (non-hydrogen) atoms. The summed E-state index contributed by atoms with van der Waals surface area (Å²) in [6.07, 6.45) is 0.225. The van der Waals surface area contributed by atoms with Crippen molar-refractivity contribution in [3.05, 3.63) is 51.4 Å². The molecular weight excluding hydrogens is 268 g/mol. The van der Waals surface area contributed by atoms with Gasteiger partial charge in [0.2, 0.25) is 0 Å². The standard InChI is InChI=1S/C14H11ClO4/c1-7(15)5-10-6-9-3-4-11(17)19-14(9)12(8(2)16)13(10)18/h3-4,6,18H,1,5H2,2H3. The Morgan fingerprint density at radius 2 is 2.16 bits per heavy atom. The number of hydrogen-bond donors (Lipinski definition) is 1. The molecule has 5 heteroatoms. The molecule has 1 aromatic carbocycles. The molecule has 0 bridgehead atoms. The minimum atomic E-state index is -0.580. The molecule has 4 nitrogen and oxygen atoms in total. The number of carbonyl (C=O) groups excluding carboxylic acids is 1. The molecule has 0 saturated carbocycles. The summed E-state index contributed by atoms with van der Waals surface area (Å²) >= 11 is 5.73. The highest BCUT2D eigenvalue weighted by Crippen LogP contribution is 2.32. The predicted molar refractivity (Wildman–Crippen MR) is 72.9 cm³/mol. The van der Waals surface area contributed by atoms with Crippen LogP contribution in [0.1, 0.15) is 22.8 Å². The number of ketones is 1. The fourth-order valence-electron chi connectivity index (χ4n) is 1.93. The van der Waals surface area contributed by atoms with Crippen LogP contribution in [0.3, 0.4) is 0 Å². The Morgan fingerprint density at radius 1 is 1.47 bits per heavy atom. The maximum Gasteiger partial charge on any atom is 0.336 e. The van der Waals surface area contributed by atoms with Gasteiger partial charge < -0.3 is 9.52 Å². The molecule has 0 spiro atoms. The van der Waals surface area contributed by atoms with Gasteiger partial charge in [0.15, 0.2) is 11.4 Å². The van der Waals surface area contributed by atoms with Gasteiger partial charge in [0.25, 0.3) is 0 Å². The first-order valence-electron chi connectivity index (χ1n) is 5.53. The van der Waals surface area contributed by atoms with E-state index in [1.54, 1.807) is 6.07 Å². The zero-order chi connectivity index (χ0) is 14.2. The molecule has 1 N–H and O–H groups in total. The summed E-state index contributed by atoms with van der Waals surface area (Å²) in [7, 11) is 0. The topological polar surface area (TPSA) is 67.5 Å². The summed E-state index contributed by atoms with van der Waals surface area (Å²) < 4.78 is 5.00. The lowest BCUT2D eigenvalue weighted by Crippen LogP contribution is -2.02. The third-order valence-electron chi connectivity index (χ3n) is 2.70. The molecule has 0 aliphatic rings. The molecule has 0 unspecified atom stereocenters. The van der Waals surface area contributed by atoms with Crippen molar-refractivity contribution in [3.8, 4) is 5.75 Å². The van der Waals surface area contributed by atoms with Crippen LogP contribution in [0.25, 0.3) is 11.0 Å². The average Bonchev–Trinajstić information content (AvgIpc) is 2.29. The van der Waals surface area contributed by atoms with E-state index < -0.39 is 5.63 Å². The van der Waals surface area contributed by atoms with E-state index in [1.807, 2.05) is 0 Å². The molecule has 0 fully saturated rings. The van der Waals surface area contributed by atoms with Gasteiger partial charge >= 0.3 is 5.63 Å². The summed E-state index contributed by atoms with van der Waals surface area (Å²) in [6, 6.07) is 4.41. The summed E-state index contributed by atoms with van der Waals surface area (Å²) in [5, 5.41) is 11.0. The zero-order valence-corrected chi connectivity index (χ0v) is 11.0. The van der Waals surface area contributed by atoms with E-state index in [0.717, 1.165) is 0 Å². The van der Waals surface area contributed by atoms with Gasteiger partial charge in [0, 0.05) is 28.5 Å². The molecule has 1 aromatic heterocycles. The van der Waals surface area contributed by atoms with Gasteiger partial charge in [0.05, 0.1) is 0 Å². The van der Waals surface area contributed by atoms with Crippen molar-refractivity contribution in [1.29, 1.82) is 0 Å². The van der Waals surface area contributed by atoms with Gasteiger partial charge in [-0.05, 0) is 19.1 Å². The quantitative estimate of drug-likeness (QED) is 0.692. The van der Waals surface area contributed by atoms with Crippen molar-refractivity contribution in [1.82, 2.24) is 0 Å². The molecule has 0 aliphatic carbocycles. The molecule has 0 aliphatic heterocycles. The minimum absolute atomic E-state index is 0.0110. The van der Waals surface area contributed by atoms with Crippen LogP contribution in [0.5, 0.6) is 5.75 Å². The van der Waals surface area contributed by atoms with Gasteiger partial charge in [0.1, 0.15) is 11.3 Å². The Balaban J connectivity index is 2.86. The van der Waals surface area contributed by atoms with E-state index in [0.29, 0.717) is 16.0 Å². The number of halogens is 1. The Hall–Kier alpha value is -2.07. The molecular formula is C14H11ClO4. The van der Waals surface area contributed by atoms with Gasteiger partial charge in [-0.15, -0.1) is 0 Å². The molecule has 2 rings (SSSR count). The summed E-state index contributed by atoms with van der Waals surface area (Å²) in [5.74, 6) is -0.616. The Kier molecular flexibility index (Phi) is 3.44. The molecule has 0 saturated heterocycles. The lowest BCUT2D eigenvalue weighted by Gasteiger charge is -2.10. The van der Waals surface area contributed by atoms with E-state index in [4.69, 9.17) is 16.0 Å². The number of fused-ring (bicyclic) bond motifs is 1. The second-order valence-electron chi connectivity index (χ2n) is 4.18. The van der Waals surface area contributed by atoms with Crippen LogP contribution in [0, 0.1) is 0 Å². The molecule has 0 atom stereocenters. The average molecular weight is 279 g/mol. The molecule has 1 heterocycles. The van der Waals surface area contributed by atoms with Gasteiger partial charge in [-0.1, -0.05) is 18.2 Å². The number of benzene rings is 1. The van der Waals surface area contributed by atoms with E-state index >= 15 is 0 Å². The summed E-state index contributed by atoms with van der Waals surface area (Å²) in [4.78, 5) is 22.9. The van der Waals surface area contributed by atoms with Crippen LogP contribution < -0.4 is 5.63 Å². The minimum Gasteiger partial charge on any atom is -0.507 e. The van der Waals surface area contributed by atoms with E-state index in [2.05, 4.69) is 6.58 Å². The fraction of sp³-hybridized carbons (Fsp3) is 0.143. The lowest BCUT2D eigenvalue weighted by molar-refractivity contribution is 0.101. The summed E-state index contributed by atoms with van der Waals surface area (Å²) in [5.41, 5.74) is -0.0417. The van der Waals surface area contributed by atoms with Crippen LogP contribution in [0.15, 0.2) is 39.0 Å². The number of allylic oxidation sites excluding steroid dienone is 1. The number of phenols is 1. The number of hydrogen-bond acceptors (Lipinski definition) is 4. The first-order chi connectivity index (χ1) is 8.90. The maximum absolute atomic E-state index is 11.7. The number of aromatic hydroxyl groups is 1. The molecule has 0 radical (unpaired) electrons. The van der Waals surface area contributed by atoms with Crippen LogP contribution in [0.4, 0.5) is 0 Å². The number of Topliss-reactive ketones (excluding diaryl/α,β-unsaturated/α-hetero) is 1. The first-order valence-corrected chi connectivity index (χ1v) is 5.91. The van der Waals surface area contributed by atoms with Crippen molar-refractivity contribution in [3.63, 3.8) is 0 Å². The van der Waals surface area contributed by atoms with Crippen molar-refractivity contribution in [2.45, 2.75) is 13.3 Å². The maximum atomic E-state index is 11.7. The lowest BCUT2D eigenvalue weighted by atomic mass is 10.00. The Morgan fingerprint density at radius 3 is 2.74 bits per heavy atom. The zero-order valence-electron chi connectivity index (χ0n) is 10.2. The molecule has 0 amide bonds. The van der Waals surface area contributed by atoms with Gasteiger partial charge in [-0.3, -0.25) is 4.79 Å². The van der Waals surface area contributed by atoms with Crippen molar-refractivity contribution in [2.75, 3.05) is 0 Å². The summed E-state index contributed by atoms with van der Waals surface area (Å²) in [6.45, 7) is 4.85. The van der Waals surface area contributed by atoms with Gasteiger partial charge in [-0.25, -0.2) is 4.79 Å². The third-order valence-corrected chi connectivity index (χ3v) is 2.83. The SMILES string of the molecule is C=C(Cl)Cc1cc2ccc(=O)oc2c(C(C)=O)c1O. The predicted octanol–water partition coefficient (Wildman–Crippen LogP) is 3.00. The monoisotopic (exact) mass is 278 g/mol. The van der Waals surface area contributed by atoms with E-state index in [9.17, 15) is 14.7 Å². The highest BCUT2D eigenvalue weighted by atomic mass is 35.5. The highest BCUT2D eigenvalue weighted by molar-refractivity contribution is 6.29. The first kappa shape index (κ1) is 13.4. The van der Waals surface area contributed by atoms with E-state index in [1.165, 1.54) is 19.1 Å². The van der Waals surface area contributed by atoms with Gasteiger partial charge in [-0.2, -0.15) is 0 Å². The van der Waals surface area contributed by atoms with E-state index in [-0.39, 0.29) is 29.1 Å². The second kappa shape index (κ2) is 4.90. The molecule has 98 valence electrons. The smallest absolute Gasteiger partial charge is 0.336 e. The highest BCUT2D eigenvalue weighted by Gasteiger charge is 2.18. The third kappa shape index (κ3) is 2.53. The largest absolute Gasteiger partial charge is 0.507 e. The normalized spacial score (nSPS) is 10.6. The Bertz CT molecular complexity index is 743. The number of rotatable bonds is 3. The van der Waals surface area contributed by atoms with Crippen LogP contribution >= 0.6 is 11.6 Å². The Labute approximate surface area is 113 Å². The second-order valence-corrected chi connectivity index (χ2v) is 4.72. The van der Waals surface area contributed by atoms with Crippen molar-refractivity contribution < 1.29 is 14.3 Å². The van der Waals surface area contributed by atoms with Crippen molar-refractivity contribution in [2.24, 2.45) is 0 Å². The van der Waals surface area contributed by atoms with Crippen LogP contribution in [-0.2, 0) is 6.42 Å². The molecule has 2 aromatic rings. The van der Waals surface area contributed by atoms with Crippen LogP contribution in [0.2, 0.25) is 0 Å². The number of phenolic OH excluding ortho intramolecular Hbond substituents is 1. The number of carbonyl (C=O) groups is 1. The fourth-order valence-corrected chi connectivity index (χ4v) is 2.07.